The van der Waals surface area contributed by atoms with Crippen LogP contribution < -0.4 is 5.32 Å². The second-order valence-electron chi connectivity index (χ2n) is 4.52. The van der Waals surface area contributed by atoms with E-state index in [-0.39, 0.29) is 17.3 Å². The molecule has 2 N–H and O–H groups in total. The van der Waals surface area contributed by atoms with Gasteiger partial charge in [0, 0.05) is 23.1 Å². The molecule has 2 atom stereocenters. The Morgan fingerprint density at radius 2 is 1.90 bits per heavy atom. The Bertz CT molecular complexity index is 532. The van der Waals surface area contributed by atoms with Gasteiger partial charge in [-0.2, -0.15) is 0 Å². The van der Waals surface area contributed by atoms with E-state index in [2.05, 4.69) is 5.32 Å². The van der Waals surface area contributed by atoms with Crippen molar-refractivity contribution >= 4 is 29.3 Å². The lowest BCUT2D eigenvalue weighted by molar-refractivity contribution is -0.384. The number of carbonyl (C=O) groups is 2. The number of nitrogens with zero attached hydrogens (tertiary/aromatic N) is 1. The SMILES string of the molecule is CC(NC(=O)CSc1ccc([N+](=O)[O-])cc1)C(C)C(=O)O. The van der Waals surface area contributed by atoms with E-state index in [1.165, 1.54) is 30.8 Å². The van der Waals surface area contributed by atoms with Crippen molar-refractivity contribution < 1.29 is 19.6 Å². The number of amides is 1. The summed E-state index contributed by atoms with van der Waals surface area (Å²) in [5, 5.41) is 21.9. The van der Waals surface area contributed by atoms with E-state index in [9.17, 15) is 19.7 Å². The van der Waals surface area contributed by atoms with Gasteiger partial charge in [-0.25, -0.2) is 0 Å². The van der Waals surface area contributed by atoms with E-state index in [4.69, 9.17) is 5.11 Å². The Hall–Kier alpha value is -2.09. The van der Waals surface area contributed by atoms with E-state index < -0.39 is 22.9 Å². The van der Waals surface area contributed by atoms with Gasteiger partial charge < -0.3 is 10.4 Å². The smallest absolute Gasteiger partial charge is 0.308 e. The number of hydrogen-bond acceptors (Lipinski definition) is 5. The zero-order valence-electron chi connectivity index (χ0n) is 11.6. The van der Waals surface area contributed by atoms with Crippen molar-refractivity contribution in [1.29, 1.82) is 0 Å². The van der Waals surface area contributed by atoms with E-state index in [0.717, 1.165) is 4.90 Å². The molecule has 0 aliphatic heterocycles. The number of non-ortho nitro benzene ring substituents is 1. The van der Waals surface area contributed by atoms with Gasteiger partial charge in [0.25, 0.3) is 5.69 Å². The number of benzene rings is 1. The van der Waals surface area contributed by atoms with Gasteiger partial charge in [-0.3, -0.25) is 19.7 Å². The highest BCUT2D eigenvalue weighted by atomic mass is 32.2. The maximum atomic E-state index is 11.7. The molecule has 0 saturated heterocycles. The molecule has 0 aliphatic rings. The van der Waals surface area contributed by atoms with Crippen LogP contribution in [0.2, 0.25) is 0 Å². The lowest BCUT2D eigenvalue weighted by Gasteiger charge is -2.17. The summed E-state index contributed by atoms with van der Waals surface area (Å²) >= 11 is 1.23. The fraction of sp³-hybridized carbons (Fsp3) is 0.385. The van der Waals surface area contributed by atoms with Crippen molar-refractivity contribution in [2.45, 2.75) is 24.8 Å². The zero-order chi connectivity index (χ0) is 16.0. The normalized spacial score (nSPS) is 13.2. The van der Waals surface area contributed by atoms with Gasteiger partial charge in [0.2, 0.25) is 5.91 Å². The lowest BCUT2D eigenvalue weighted by atomic mass is 10.0. The highest BCUT2D eigenvalue weighted by Gasteiger charge is 2.20. The molecule has 0 aromatic heterocycles. The number of thioether (sulfide) groups is 1. The molecular weight excluding hydrogens is 296 g/mol. The van der Waals surface area contributed by atoms with Crippen LogP contribution >= 0.6 is 11.8 Å². The van der Waals surface area contributed by atoms with Gasteiger partial charge in [0.1, 0.15) is 0 Å². The third-order valence-electron chi connectivity index (χ3n) is 2.95. The van der Waals surface area contributed by atoms with Gasteiger partial charge >= 0.3 is 5.97 Å². The Kier molecular flexibility index (Phi) is 6.16. The highest BCUT2D eigenvalue weighted by molar-refractivity contribution is 8.00. The Morgan fingerprint density at radius 1 is 1.33 bits per heavy atom. The van der Waals surface area contributed by atoms with Crippen LogP contribution in [-0.2, 0) is 9.59 Å². The molecule has 2 unspecified atom stereocenters. The van der Waals surface area contributed by atoms with Crippen molar-refractivity contribution in [3.63, 3.8) is 0 Å². The van der Waals surface area contributed by atoms with Crippen LogP contribution in [-0.4, -0.2) is 33.7 Å². The summed E-state index contributed by atoms with van der Waals surface area (Å²) in [5.74, 6) is -1.79. The first-order valence-electron chi connectivity index (χ1n) is 6.20. The summed E-state index contributed by atoms with van der Waals surface area (Å²) in [6.07, 6.45) is 0. The molecule has 0 spiro atoms. The molecule has 1 rings (SSSR count). The topological polar surface area (TPSA) is 110 Å². The predicted octanol–water partition coefficient (Wildman–Crippen LogP) is 1.91. The molecule has 1 aromatic rings. The molecular formula is C13H16N2O5S. The van der Waals surface area contributed by atoms with Gasteiger partial charge in [0.05, 0.1) is 16.6 Å². The maximum Gasteiger partial charge on any atom is 0.308 e. The van der Waals surface area contributed by atoms with Crippen molar-refractivity contribution in [2.75, 3.05) is 5.75 Å². The van der Waals surface area contributed by atoms with Gasteiger partial charge in [-0.1, -0.05) is 0 Å². The van der Waals surface area contributed by atoms with E-state index in [1.54, 1.807) is 19.1 Å². The van der Waals surface area contributed by atoms with Crippen LogP contribution in [0.5, 0.6) is 0 Å². The van der Waals surface area contributed by atoms with Gasteiger partial charge in [0.15, 0.2) is 0 Å². The van der Waals surface area contributed by atoms with Crippen molar-refractivity contribution in [3.8, 4) is 0 Å². The first kappa shape index (κ1) is 17.0. The monoisotopic (exact) mass is 312 g/mol. The molecule has 114 valence electrons. The summed E-state index contributed by atoms with van der Waals surface area (Å²) in [5.41, 5.74) is -0.00675. The van der Waals surface area contributed by atoms with Crippen molar-refractivity contribution in [3.05, 3.63) is 34.4 Å². The van der Waals surface area contributed by atoms with E-state index in [1.807, 2.05) is 0 Å². The number of hydrogen-bond donors (Lipinski definition) is 2. The van der Waals surface area contributed by atoms with Crippen LogP contribution in [0.1, 0.15) is 13.8 Å². The number of nitro groups is 1. The molecule has 0 saturated carbocycles. The summed E-state index contributed by atoms with van der Waals surface area (Å²) in [6.45, 7) is 3.16. The fourth-order valence-electron chi connectivity index (χ4n) is 1.45. The molecule has 0 heterocycles. The number of aliphatic carboxylic acids is 1. The number of nitro benzene ring substituents is 1. The van der Waals surface area contributed by atoms with Gasteiger partial charge in [-0.15, -0.1) is 11.8 Å². The lowest BCUT2D eigenvalue weighted by Crippen LogP contribution is -2.40. The summed E-state index contributed by atoms with van der Waals surface area (Å²) < 4.78 is 0. The molecule has 0 bridgehead atoms. The molecule has 8 heteroatoms. The number of nitrogens with one attached hydrogen (secondary N) is 1. The minimum Gasteiger partial charge on any atom is -0.481 e. The maximum absolute atomic E-state index is 11.7. The quantitative estimate of drug-likeness (QED) is 0.452. The third kappa shape index (κ3) is 5.42. The number of carbonyl (C=O) groups excluding carboxylic acids is 1. The van der Waals surface area contributed by atoms with Crippen LogP contribution in [0.4, 0.5) is 5.69 Å². The highest BCUT2D eigenvalue weighted by Crippen LogP contribution is 2.21. The zero-order valence-corrected chi connectivity index (χ0v) is 12.4. The van der Waals surface area contributed by atoms with Crippen LogP contribution in [0.3, 0.4) is 0 Å². The Morgan fingerprint density at radius 3 is 2.38 bits per heavy atom. The first-order valence-corrected chi connectivity index (χ1v) is 7.19. The van der Waals surface area contributed by atoms with E-state index in [0.29, 0.717) is 0 Å². The number of carboxylic acid groups (broad SMARTS) is 1. The number of rotatable bonds is 7. The second-order valence-corrected chi connectivity index (χ2v) is 5.57. The van der Waals surface area contributed by atoms with Gasteiger partial charge in [-0.05, 0) is 26.0 Å². The molecule has 0 fully saturated rings. The van der Waals surface area contributed by atoms with Crippen LogP contribution in [0.25, 0.3) is 0 Å². The average molecular weight is 312 g/mol. The standard InChI is InChI=1S/C13H16N2O5S/c1-8(13(17)18)9(2)14-12(16)7-21-11-5-3-10(4-6-11)15(19)20/h3-6,8-9H,7H2,1-2H3,(H,14,16)(H,17,18). The molecule has 7 nitrogen and oxygen atoms in total. The predicted molar refractivity (Wildman–Crippen MR) is 78.2 cm³/mol. The Balaban J connectivity index is 2.46. The molecule has 0 radical (unpaired) electrons. The molecule has 21 heavy (non-hydrogen) atoms. The minimum atomic E-state index is -0.967. The summed E-state index contributed by atoms with van der Waals surface area (Å²) in [7, 11) is 0. The fourth-order valence-corrected chi connectivity index (χ4v) is 2.16. The summed E-state index contributed by atoms with van der Waals surface area (Å²) in [6, 6.07) is 5.41. The van der Waals surface area contributed by atoms with Crippen LogP contribution in [0, 0.1) is 16.0 Å². The first-order chi connectivity index (χ1) is 9.81. The molecule has 1 aromatic carbocycles. The molecule has 1 amide bonds. The second kappa shape index (κ2) is 7.63. The summed E-state index contributed by atoms with van der Waals surface area (Å²) in [4.78, 5) is 33.2. The average Bonchev–Trinajstić information content (AvgIpc) is 2.44. The largest absolute Gasteiger partial charge is 0.481 e. The number of carboxylic acids is 1. The Labute approximate surface area is 125 Å². The molecule has 0 aliphatic carbocycles. The van der Waals surface area contributed by atoms with E-state index >= 15 is 0 Å². The minimum absolute atomic E-state index is 0.00675. The third-order valence-corrected chi connectivity index (χ3v) is 3.96. The van der Waals surface area contributed by atoms with Crippen LogP contribution in [0.15, 0.2) is 29.2 Å². The van der Waals surface area contributed by atoms with Crippen molar-refractivity contribution in [1.82, 2.24) is 5.32 Å². The van der Waals surface area contributed by atoms with Crippen molar-refractivity contribution in [2.24, 2.45) is 5.92 Å².